The number of hydrogen-bond acceptors (Lipinski definition) is 3. The zero-order valence-corrected chi connectivity index (χ0v) is 11.9. The maximum atomic E-state index is 11.4. The zero-order valence-electron chi connectivity index (χ0n) is 10.3. The summed E-state index contributed by atoms with van der Waals surface area (Å²) in [7, 11) is 0. The number of alkyl halides is 1. The molecule has 2 atom stereocenters. The summed E-state index contributed by atoms with van der Waals surface area (Å²) in [5, 5.41) is 11.8. The second-order valence-corrected chi connectivity index (χ2v) is 5.38. The summed E-state index contributed by atoms with van der Waals surface area (Å²) in [5.41, 5.74) is 1.06. The Morgan fingerprint density at radius 2 is 2.11 bits per heavy atom. The van der Waals surface area contributed by atoms with Gasteiger partial charge >= 0.3 is 0 Å². The Labute approximate surface area is 115 Å². The van der Waals surface area contributed by atoms with Crippen LogP contribution in [0.4, 0.5) is 0 Å². The van der Waals surface area contributed by atoms with Crippen LogP contribution in [0.2, 0.25) is 0 Å². The first-order valence-corrected chi connectivity index (χ1v) is 6.72. The van der Waals surface area contributed by atoms with Gasteiger partial charge in [-0.1, -0.05) is 46.3 Å². The van der Waals surface area contributed by atoms with Crippen LogP contribution in [-0.4, -0.2) is 35.1 Å². The first kappa shape index (κ1) is 15.1. The van der Waals surface area contributed by atoms with Gasteiger partial charge in [0.25, 0.3) is 0 Å². The molecule has 0 fully saturated rings. The standard InChI is InChI=1S/C13H18BrNO3/c1-10(14)13(17)15-12(7-16)9-18-8-11-5-3-2-4-6-11/h2-6,10,12,16H,7-9H2,1H3,(H,15,17)/t10?,12-/m1/s1. The van der Waals surface area contributed by atoms with Gasteiger partial charge in [-0.2, -0.15) is 0 Å². The average Bonchev–Trinajstić information content (AvgIpc) is 2.38. The highest BCUT2D eigenvalue weighted by atomic mass is 79.9. The number of rotatable bonds is 7. The summed E-state index contributed by atoms with van der Waals surface area (Å²) in [6, 6.07) is 9.38. The Balaban J connectivity index is 2.29. The summed E-state index contributed by atoms with van der Waals surface area (Å²) in [5.74, 6) is -0.155. The highest BCUT2D eigenvalue weighted by Gasteiger charge is 2.14. The van der Waals surface area contributed by atoms with E-state index >= 15 is 0 Å². The van der Waals surface area contributed by atoms with E-state index in [4.69, 9.17) is 9.84 Å². The van der Waals surface area contributed by atoms with Crippen LogP contribution in [0, 0.1) is 0 Å². The minimum Gasteiger partial charge on any atom is -0.394 e. The highest BCUT2D eigenvalue weighted by molar-refractivity contribution is 9.10. The number of hydrogen-bond donors (Lipinski definition) is 2. The lowest BCUT2D eigenvalue weighted by atomic mass is 10.2. The highest BCUT2D eigenvalue weighted by Crippen LogP contribution is 2.02. The van der Waals surface area contributed by atoms with E-state index in [0.717, 1.165) is 5.56 Å². The van der Waals surface area contributed by atoms with Crippen LogP contribution in [-0.2, 0) is 16.1 Å². The van der Waals surface area contributed by atoms with Gasteiger partial charge in [-0.15, -0.1) is 0 Å². The van der Waals surface area contributed by atoms with E-state index < -0.39 is 0 Å². The van der Waals surface area contributed by atoms with E-state index in [0.29, 0.717) is 6.61 Å². The number of aliphatic hydroxyl groups is 1. The lowest BCUT2D eigenvalue weighted by Gasteiger charge is -2.17. The lowest BCUT2D eigenvalue weighted by Crippen LogP contribution is -2.43. The van der Waals surface area contributed by atoms with Gasteiger partial charge in [0.2, 0.25) is 5.91 Å². The van der Waals surface area contributed by atoms with Gasteiger partial charge in [0.1, 0.15) is 0 Å². The molecule has 5 heteroatoms. The molecule has 0 saturated heterocycles. The number of benzene rings is 1. The van der Waals surface area contributed by atoms with Crippen molar-refractivity contribution < 1.29 is 14.6 Å². The largest absolute Gasteiger partial charge is 0.394 e. The number of carbonyl (C=O) groups is 1. The number of ether oxygens (including phenoxy) is 1. The van der Waals surface area contributed by atoms with Crippen molar-refractivity contribution >= 4 is 21.8 Å². The fourth-order valence-corrected chi connectivity index (χ4v) is 1.48. The maximum absolute atomic E-state index is 11.4. The Morgan fingerprint density at radius 1 is 1.44 bits per heavy atom. The molecule has 0 aliphatic heterocycles. The average molecular weight is 316 g/mol. The Kier molecular flexibility index (Phi) is 6.93. The molecule has 2 N–H and O–H groups in total. The van der Waals surface area contributed by atoms with E-state index in [1.807, 2.05) is 30.3 Å². The van der Waals surface area contributed by atoms with Crippen molar-refractivity contribution in [3.05, 3.63) is 35.9 Å². The number of halogens is 1. The minimum absolute atomic E-state index is 0.139. The molecule has 1 rings (SSSR count). The van der Waals surface area contributed by atoms with Gasteiger partial charge in [-0.05, 0) is 12.5 Å². The van der Waals surface area contributed by atoms with Crippen LogP contribution < -0.4 is 5.32 Å². The quantitative estimate of drug-likeness (QED) is 0.749. The molecule has 0 aliphatic carbocycles. The normalized spacial score (nSPS) is 13.9. The molecule has 0 spiro atoms. The van der Waals surface area contributed by atoms with Gasteiger partial charge in [0, 0.05) is 0 Å². The molecular formula is C13H18BrNO3. The van der Waals surface area contributed by atoms with Crippen molar-refractivity contribution in [3.63, 3.8) is 0 Å². The van der Waals surface area contributed by atoms with Crippen molar-refractivity contribution in [1.82, 2.24) is 5.32 Å². The van der Waals surface area contributed by atoms with E-state index in [2.05, 4.69) is 21.2 Å². The fourth-order valence-electron chi connectivity index (χ4n) is 1.35. The maximum Gasteiger partial charge on any atom is 0.233 e. The molecule has 1 aromatic rings. The van der Waals surface area contributed by atoms with Crippen LogP contribution in [0.1, 0.15) is 12.5 Å². The molecule has 0 bridgehead atoms. The molecule has 0 aliphatic rings. The molecule has 0 aromatic heterocycles. The van der Waals surface area contributed by atoms with Gasteiger partial charge in [0.05, 0.1) is 30.7 Å². The van der Waals surface area contributed by atoms with Crippen molar-refractivity contribution in [2.45, 2.75) is 24.4 Å². The number of carbonyl (C=O) groups excluding carboxylic acids is 1. The monoisotopic (exact) mass is 315 g/mol. The summed E-state index contributed by atoms with van der Waals surface area (Å²) in [6.07, 6.45) is 0. The van der Waals surface area contributed by atoms with Crippen molar-refractivity contribution in [2.24, 2.45) is 0 Å². The lowest BCUT2D eigenvalue weighted by molar-refractivity contribution is -0.121. The smallest absolute Gasteiger partial charge is 0.233 e. The summed E-state index contributed by atoms with van der Waals surface area (Å²) < 4.78 is 5.46. The molecule has 4 nitrogen and oxygen atoms in total. The van der Waals surface area contributed by atoms with E-state index in [-0.39, 0.29) is 30.0 Å². The molecule has 18 heavy (non-hydrogen) atoms. The summed E-state index contributed by atoms with van der Waals surface area (Å²) in [4.78, 5) is 11.1. The Bertz CT molecular complexity index is 357. The van der Waals surface area contributed by atoms with Crippen molar-refractivity contribution in [3.8, 4) is 0 Å². The molecule has 0 radical (unpaired) electrons. The minimum atomic E-state index is -0.374. The molecular weight excluding hydrogens is 298 g/mol. The van der Waals surface area contributed by atoms with Crippen LogP contribution in [0.3, 0.4) is 0 Å². The molecule has 0 saturated carbocycles. The Hall–Kier alpha value is -0.910. The van der Waals surface area contributed by atoms with Crippen molar-refractivity contribution in [2.75, 3.05) is 13.2 Å². The van der Waals surface area contributed by atoms with Crippen LogP contribution >= 0.6 is 15.9 Å². The van der Waals surface area contributed by atoms with Gasteiger partial charge in [0.15, 0.2) is 0 Å². The van der Waals surface area contributed by atoms with Crippen LogP contribution in [0.25, 0.3) is 0 Å². The predicted octanol–water partition coefficient (Wildman–Crippen LogP) is 1.46. The number of aliphatic hydroxyl groups excluding tert-OH is 1. The second kappa shape index (κ2) is 8.24. The number of amides is 1. The van der Waals surface area contributed by atoms with E-state index in [1.54, 1.807) is 6.92 Å². The SMILES string of the molecule is CC(Br)C(=O)N[C@H](CO)COCc1ccccc1. The van der Waals surface area contributed by atoms with Crippen LogP contribution in [0.15, 0.2) is 30.3 Å². The fraction of sp³-hybridized carbons (Fsp3) is 0.462. The van der Waals surface area contributed by atoms with Gasteiger partial charge in [-0.25, -0.2) is 0 Å². The van der Waals surface area contributed by atoms with Crippen molar-refractivity contribution in [1.29, 1.82) is 0 Å². The van der Waals surface area contributed by atoms with Crippen LogP contribution in [0.5, 0.6) is 0 Å². The topological polar surface area (TPSA) is 58.6 Å². The Morgan fingerprint density at radius 3 is 2.67 bits per heavy atom. The summed E-state index contributed by atoms with van der Waals surface area (Å²) >= 11 is 3.17. The zero-order chi connectivity index (χ0) is 13.4. The first-order valence-electron chi connectivity index (χ1n) is 5.80. The number of nitrogens with one attached hydrogen (secondary N) is 1. The second-order valence-electron chi connectivity index (χ2n) is 4.00. The van der Waals surface area contributed by atoms with Gasteiger partial charge in [-0.3, -0.25) is 4.79 Å². The molecule has 1 unspecified atom stereocenters. The molecule has 100 valence electrons. The van der Waals surface area contributed by atoms with E-state index in [9.17, 15) is 4.79 Å². The first-order chi connectivity index (χ1) is 8.63. The molecule has 1 aromatic carbocycles. The molecule has 1 amide bonds. The summed E-state index contributed by atoms with van der Waals surface area (Å²) in [6.45, 7) is 2.35. The third kappa shape index (κ3) is 5.62. The third-order valence-electron chi connectivity index (χ3n) is 2.36. The third-order valence-corrected chi connectivity index (χ3v) is 2.77. The van der Waals surface area contributed by atoms with E-state index in [1.165, 1.54) is 0 Å². The van der Waals surface area contributed by atoms with Gasteiger partial charge < -0.3 is 15.2 Å². The predicted molar refractivity (Wildman–Crippen MR) is 73.5 cm³/mol. The molecule has 0 heterocycles.